The summed E-state index contributed by atoms with van der Waals surface area (Å²) in [4.78, 5) is 22.7. The second-order valence-corrected chi connectivity index (χ2v) is 4.84. The van der Waals surface area contributed by atoms with Gasteiger partial charge in [0.15, 0.2) is 24.0 Å². The number of ketones is 1. The second-order valence-electron chi connectivity index (χ2n) is 4.84. The number of aldehydes is 1. The minimum atomic E-state index is -0.659. The standard InChI is InChI=1S/C17H15FO3/c1-11-3-4-12(2)14(7-11)16(20)10-21-17-6-5-13(9-19)8-15(17)18/h3-9H,10H2,1-2H3. The number of halogens is 1. The number of ether oxygens (including phenoxy) is 1. The number of rotatable bonds is 5. The van der Waals surface area contributed by atoms with Crippen LogP contribution in [0.3, 0.4) is 0 Å². The van der Waals surface area contributed by atoms with E-state index in [1.54, 1.807) is 6.07 Å². The van der Waals surface area contributed by atoms with E-state index in [0.29, 0.717) is 11.8 Å². The van der Waals surface area contributed by atoms with Gasteiger partial charge in [-0.15, -0.1) is 0 Å². The zero-order chi connectivity index (χ0) is 15.4. The third-order valence-electron chi connectivity index (χ3n) is 3.14. The normalized spacial score (nSPS) is 10.2. The van der Waals surface area contributed by atoms with E-state index in [1.807, 2.05) is 26.0 Å². The molecule has 2 aromatic carbocycles. The molecule has 0 bridgehead atoms. The summed E-state index contributed by atoms with van der Waals surface area (Å²) < 4.78 is 18.8. The molecule has 0 fully saturated rings. The molecular formula is C17H15FO3. The van der Waals surface area contributed by atoms with Crippen molar-refractivity contribution >= 4 is 12.1 Å². The van der Waals surface area contributed by atoms with Crippen molar-refractivity contribution in [2.24, 2.45) is 0 Å². The minimum Gasteiger partial charge on any atom is -0.482 e. The van der Waals surface area contributed by atoms with Gasteiger partial charge in [-0.1, -0.05) is 17.7 Å². The average molecular weight is 286 g/mol. The molecule has 0 aromatic heterocycles. The van der Waals surface area contributed by atoms with Gasteiger partial charge in [-0.3, -0.25) is 9.59 Å². The molecule has 0 saturated heterocycles. The minimum absolute atomic E-state index is 0.0424. The van der Waals surface area contributed by atoms with Gasteiger partial charge in [-0.05, 0) is 43.7 Å². The van der Waals surface area contributed by atoms with Crippen LogP contribution in [0.2, 0.25) is 0 Å². The zero-order valence-corrected chi connectivity index (χ0v) is 11.9. The van der Waals surface area contributed by atoms with Crippen molar-refractivity contribution in [3.05, 3.63) is 64.5 Å². The van der Waals surface area contributed by atoms with Crippen LogP contribution in [-0.4, -0.2) is 18.7 Å². The Bertz CT molecular complexity index is 692. The van der Waals surface area contributed by atoms with E-state index < -0.39 is 5.82 Å². The molecule has 0 heterocycles. The van der Waals surface area contributed by atoms with Crippen LogP contribution >= 0.6 is 0 Å². The fraction of sp³-hybridized carbons (Fsp3) is 0.176. The highest BCUT2D eigenvalue weighted by Gasteiger charge is 2.12. The number of benzene rings is 2. The molecule has 0 atom stereocenters. The maximum absolute atomic E-state index is 13.6. The first-order valence-electron chi connectivity index (χ1n) is 6.49. The molecule has 0 aliphatic rings. The summed E-state index contributed by atoms with van der Waals surface area (Å²) in [7, 11) is 0. The monoisotopic (exact) mass is 286 g/mol. The number of carbonyl (C=O) groups is 2. The van der Waals surface area contributed by atoms with E-state index in [-0.39, 0.29) is 23.7 Å². The quantitative estimate of drug-likeness (QED) is 0.624. The molecule has 0 saturated carbocycles. The van der Waals surface area contributed by atoms with Crippen LogP contribution in [0.5, 0.6) is 5.75 Å². The van der Waals surface area contributed by atoms with Gasteiger partial charge in [0.05, 0.1) is 0 Å². The summed E-state index contributed by atoms with van der Waals surface area (Å²) in [5.41, 5.74) is 2.62. The smallest absolute Gasteiger partial charge is 0.200 e. The van der Waals surface area contributed by atoms with Crippen molar-refractivity contribution in [1.82, 2.24) is 0 Å². The van der Waals surface area contributed by atoms with E-state index in [2.05, 4.69) is 0 Å². The molecule has 3 nitrogen and oxygen atoms in total. The average Bonchev–Trinajstić information content (AvgIpc) is 2.48. The van der Waals surface area contributed by atoms with E-state index >= 15 is 0 Å². The van der Waals surface area contributed by atoms with Crippen molar-refractivity contribution in [1.29, 1.82) is 0 Å². The summed E-state index contributed by atoms with van der Waals surface area (Å²) in [5, 5.41) is 0. The van der Waals surface area contributed by atoms with Crippen molar-refractivity contribution in [3.63, 3.8) is 0 Å². The summed E-state index contributed by atoms with van der Waals surface area (Å²) in [6, 6.07) is 9.42. The molecule has 0 amide bonds. The Balaban J connectivity index is 2.11. The van der Waals surface area contributed by atoms with Gasteiger partial charge in [0.25, 0.3) is 0 Å². The number of aryl methyl sites for hydroxylation is 2. The Morgan fingerprint density at radius 1 is 1.19 bits per heavy atom. The second kappa shape index (κ2) is 6.31. The molecular weight excluding hydrogens is 271 g/mol. The van der Waals surface area contributed by atoms with Gasteiger partial charge in [0, 0.05) is 11.1 Å². The van der Waals surface area contributed by atoms with Crippen molar-refractivity contribution in [2.45, 2.75) is 13.8 Å². The van der Waals surface area contributed by atoms with Gasteiger partial charge in [-0.2, -0.15) is 0 Å². The molecule has 2 aromatic rings. The Hall–Kier alpha value is -2.49. The predicted molar refractivity (Wildman–Crippen MR) is 77.5 cm³/mol. The SMILES string of the molecule is Cc1ccc(C)c(C(=O)COc2ccc(C=O)cc2F)c1. The fourth-order valence-corrected chi connectivity index (χ4v) is 1.96. The molecule has 0 aliphatic heterocycles. The lowest BCUT2D eigenvalue weighted by Gasteiger charge is -2.09. The van der Waals surface area contributed by atoms with Gasteiger partial charge in [0.2, 0.25) is 0 Å². The van der Waals surface area contributed by atoms with Crippen molar-refractivity contribution in [3.8, 4) is 5.75 Å². The summed E-state index contributed by atoms with van der Waals surface area (Å²) in [6.07, 6.45) is 0.550. The summed E-state index contributed by atoms with van der Waals surface area (Å²) in [5.74, 6) is -0.914. The first kappa shape index (κ1) is 14.9. The van der Waals surface area contributed by atoms with Crippen LogP contribution in [0.1, 0.15) is 31.8 Å². The van der Waals surface area contributed by atoms with Crippen LogP contribution in [0, 0.1) is 19.7 Å². The highest BCUT2D eigenvalue weighted by molar-refractivity contribution is 5.98. The van der Waals surface area contributed by atoms with Crippen molar-refractivity contribution < 1.29 is 18.7 Å². The number of carbonyl (C=O) groups excluding carboxylic acids is 2. The first-order chi connectivity index (χ1) is 10.0. The van der Waals surface area contributed by atoms with Gasteiger partial charge in [-0.25, -0.2) is 4.39 Å². The lowest BCUT2D eigenvalue weighted by Crippen LogP contribution is -2.13. The lowest BCUT2D eigenvalue weighted by atomic mass is 10.0. The van der Waals surface area contributed by atoms with E-state index in [9.17, 15) is 14.0 Å². The van der Waals surface area contributed by atoms with E-state index in [1.165, 1.54) is 12.1 Å². The maximum atomic E-state index is 13.6. The molecule has 0 unspecified atom stereocenters. The fourth-order valence-electron chi connectivity index (χ4n) is 1.96. The third-order valence-corrected chi connectivity index (χ3v) is 3.14. The summed E-state index contributed by atoms with van der Waals surface area (Å²) in [6.45, 7) is 3.49. The molecule has 108 valence electrons. The highest BCUT2D eigenvalue weighted by atomic mass is 19.1. The van der Waals surface area contributed by atoms with E-state index in [0.717, 1.165) is 17.2 Å². The number of hydrogen-bond donors (Lipinski definition) is 0. The Morgan fingerprint density at radius 3 is 2.62 bits per heavy atom. The Morgan fingerprint density at radius 2 is 1.95 bits per heavy atom. The van der Waals surface area contributed by atoms with Gasteiger partial charge < -0.3 is 4.74 Å². The highest BCUT2D eigenvalue weighted by Crippen LogP contribution is 2.18. The molecule has 21 heavy (non-hydrogen) atoms. The number of Topliss-reactive ketones (excluding diaryl/α,β-unsaturated/α-hetero) is 1. The molecule has 0 spiro atoms. The zero-order valence-electron chi connectivity index (χ0n) is 11.9. The predicted octanol–water partition coefficient (Wildman–Crippen LogP) is 3.52. The topological polar surface area (TPSA) is 43.4 Å². The van der Waals surface area contributed by atoms with Crippen LogP contribution < -0.4 is 4.74 Å². The van der Waals surface area contributed by atoms with Crippen LogP contribution in [-0.2, 0) is 0 Å². The number of hydrogen-bond acceptors (Lipinski definition) is 3. The Labute approximate surface area is 122 Å². The molecule has 4 heteroatoms. The first-order valence-corrected chi connectivity index (χ1v) is 6.49. The molecule has 0 aliphatic carbocycles. The molecule has 0 N–H and O–H groups in total. The van der Waals surface area contributed by atoms with Crippen molar-refractivity contribution in [2.75, 3.05) is 6.61 Å². The van der Waals surface area contributed by atoms with Gasteiger partial charge in [0.1, 0.15) is 6.29 Å². The summed E-state index contributed by atoms with van der Waals surface area (Å²) >= 11 is 0. The van der Waals surface area contributed by atoms with Gasteiger partial charge >= 0.3 is 0 Å². The maximum Gasteiger partial charge on any atom is 0.200 e. The Kier molecular flexibility index (Phi) is 4.48. The van der Waals surface area contributed by atoms with E-state index in [4.69, 9.17) is 4.74 Å². The molecule has 2 rings (SSSR count). The largest absolute Gasteiger partial charge is 0.482 e. The lowest BCUT2D eigenvalue weighted by molar-refractivity contribution is 0.0917. The van der Waals surface area contributed by atoms with Crippen LogP contribution in [0.25, 0.3) is 0 Å². The van der Waals surface area contributed by atoms with Crippen LogP contribution in [0.4, 0.5) is 4.39 Å². The van der Waals surface area contributed by atoms with Crippen LogP contribution in [0.15, 0.2) is 36.4 Å². The third kappa shape index (κ3) is 3.54. The molecule has 0 radical (unpaired) electrons.